The van der Waals surface area contributed by atoms with Gasteiger partial charge in [0.1, 0.15) is 5.75 Å². The fraction of sp³-hybridized carbons (Fsp3) is 0.286. The van der Waals surface area contributed by atoms with Gasteiger partial charge in [-0.15, -0.1) is 0 Å². The normalized spacial score (nSPS) is 13.6. The van der Waals surface area contributed by atoms with Crippen LogP contribution in [-0.2, 0) is 10.0 Å². The third-order valence-electron chi connectivity index (χ3n) is 5.89. The van der Waals surface area contributed by atoms with Crippen LogP contribution in [0.5, 0.6) is 5.75 Å². The highest BCUT2D eigenvalue weighted by Crippen LogP contribution is 2.34. The van der Waals surface area contributed by atoms with Gasteiger partial charge >= 0.3 is 0 Å². The highest BCUT2D eigenvalue weighted by molar-refractivity contribution is 7.89. The maximum absolute atomic E-state index is 13.8. The molecule has 34 heavy (non-hydrogen) atoms. The fourth-order valence-electron chi connectivity index (χ4n) is 4.37. The van der Waals surface area contributed by atoms with Crippen molar-refractivity contribution < 1.29 is 13.2 Å². The number of hydrogen-bond acceptors (Lipinski definition) is 3. The lowest BCUT2D eigenvalue weighted by molar-refractivity contribution is 0.414. The first kappa shape index (κ1) is 25.9. The second-order valence-corrected chi connectivity index (χ2v) is 16.5. The largest absolute Gasteiger partial charge is 0.497 e. The zero-order valence-electron chi connectivity index (χ0n) is 21.1. The molecule has 180 valence electrons. The zero-order chi connectivity index (χ0) is 25.1. The Labute approximate surface area is 205 Å². The summed E-state index contributed by atoms with van der Waals surface area (Å²) in [7, 11) is -4.14. The van der Waals surface area contributed by atoms with Gasteiger partial charge in [-0.1, -0.05) is 91.1 Å². The topological polar surface area (TPSA) is 55.4 Å². The summed E-state index contributed by atoms with van der Waals surface area (Å²) in [5, 5.41) is 1.11. The first-order valence-corrected chi connectivity index (χ1v) is 16.4. The van der Waals surface area contributed by atoms with E-state index in [1.165, 1.54) is 0 Å². The van der Waals surface area contributed by atoms with Crippen LogP contribution in [0.2, 0.25) is 19.6 Å². The van der Waals surface area contributed by atoms with Crippen molar-refractivity contribution in [1.82, 2.24) is 4.72 Å². The van der Waals surface area contributed by atoms with Crippen LogP contribution >= 0.6 is 0 Å². The second kappa shape index (κ2) is 10.3. The molecule has 0 aliphatic heterocycles. The van der Waals surface area contributed by atoms with Gasteiger partial charge in [0.15, 0.2) is 0 Å². The van der Waals surface area contributed by atoms with Crippen LogP contribution in [0.1, 0.15) is 33.9 Å². The van der Waals surface area contributed by atoms with E-state index >= 15 is 0 Å². The van der Waals surface area contributed by atoms with Gasteiger partial charge < -0.3 is 4.74 Å². The van der Waals surface area contributed by atoms with Gasteiger partial charge in [0.2, 0.25) is 10.0 Å². The Kier molecular flexibility index (Phi) is 7.86. The van der Waals surface area contributed by atoms with E-state index in [4.69, 9.17) is 4.74 Å². The molecular formula is C28H35NO3SSi. The SMILES string of the molecule is COc1ccc(C(NS(=O)(=O)c2c(C)cc(C)cc2C)/C(=C/c2ccccc2)[Si](C)(C)C)cc1. The number of sulfonamides is 1. The van der Waals surface area contributed by atoms with Crippen molar-refractivity contribution in [3.05, 3.63) is 99.7 Å². The van der Waals surface area contributed by atoms with E-state index in [1.807, 2.05) is 87.5 Å². The number of ether oxygens (including phenoxy) is 1. The summed E-state index contributed by atoms with van der Waals surface area (Å²) in [5.41, 5.74) is 4.49. The molecule has 6 heteroatoms. The number of aryl methyl sites for hydroxylation is 3. The van der Waals surface area contributed by atoms with E-state index in [0.717, 1.165) is 38.8 Å². The van der Waals surface area contributed by atoms with E-state index in [-0.39, 0.29) is 0 Å². The minimum Gasteiger partial charge on any atom is -0.497 e. The molecule has 0 saturated carbocycles. The van der Waals surface area contributed by atoms with Crippen molar-refractivity contribution in [2.45, 2.75) is 51.3 Å². The summed E-state index contributed by atoms with van der Waals surface area (Å²) >= 11 is 0. The molecule has 3 aromatic rings. The van der Waals surface area contributed by atoms with Gasteiger partial charge in [0.25, 0.3) is 0 Å². The van der Waals surface area contributed by atoms with Crippen LogP contribution in [0, 0.1) is 20.8 Å². The van der Waals surface area contributed by atoms with Crippen molar-refractivity contribution in [2.24, 2.45) is 0 Å². The predicted molar refractivity (Wildman–Crippen MR) is 144 cm³/mol. The molecule has 3 aromatic carbocycles. The minimum absolute atomic E-state index is 0.353. The Hall–Kier alpha value is -2.67. The summed E-state index contributed by atoms with van der Waals surface area (Å²) in [6.07, 6.45) is 2.15. The summed E-state index contributed by atoms with van der Waals surface area (Å²) in [4.78, 5) is 0.353. The third-order valence-corrected chi connectivity index (χ3v) is 9.79. The summed E-state index contributed by atoms with van der Waals surface area (Å²) < 4.78 is 36.1. The number of hydrogen-bond donors (Lipinski definition) is 1. The maximum atomic E-state index is 13.8. The van der Waals surface area contributed by atoms with Crippen molar-refractivity contribution in [3.63, 3.8) is 0 Å². The average molecular weight is 494 g/mol. The summed E-state index contributed by atoms with van der Waals surface area (Å²) in [6, 6.07) is 21.1. The van der Waals surface area contributed by atoms with E-state index < -0.39 is 24.1 Å². The monoisotopic (exact) mass is 493 g/mol. The molecule has 0 heterocycles. The van der Waals surface area contributed by atoms with Gasteiger partial charge in [-0.2, -0.15) is 4.72 Å². The molecule has 0 radical (unpaired) electrons. The molecule has 0 bridgehead atoms. The van der Waals surface area contributed by atoms with Gasteiger partial charge in [-0.3, -0.25) is 0 Å². The van der Waals surface area contributed by atoms with Gasteiger partial charge in [-0.05, 0) is 55.2 Å². The standard InChI is InChI=1S/C28H35NO3SSi/c1-20-17-21(2)28(22(3)18-20)33(30,31)29-27(24-13-15-25(32-4)16-14-24)26(34(5,6)7)19-23-11-9-8-10-12-23/h8-19,27,29H,1-7H3/b26-19-. The van der Waals surface area contributed by atoms with Crippen LogP contribution in [-0.4, -0.2) is 23.6 Å². The van der Waals surface area contributed by atoms with Crippen molar-refractivity contribution in [3.8, 4) is 5.75 Å². The van der Waals surface area contributed by atoms with Crippen LogP contribution < -0.4 is 9.46 Å². The summed E-state index contributed by atoms with van der Waals surface area (Å²) in [6.45, 7) is 12.4. The molecule has 0 saturated heterocycles. The number of rotatable bonds is 8. The lowest BCUT2D eigenvalue weighted by atomic mass is 10.1. The van der Waals surface area contributed by atoms with E-state index in [9.17, 15) is 8.42 Å². The summed E-state index contributed by atoms with van der Waals surface area (Å²) in [5.74, 6) is 0.733. The Morgan fingerprint density at radius 1 is 0.912 bits per heavy atom. The van der Waals surface area contributed by atoms with Crippen molar-refractivity contribution in [1.29, 1.82) is 0 Å². The Bertz CT molecular complexity index is 1250. The Morgan fingerprint density at radius 3 is 1.97 bits per heavy atom. The Balaban J connectivity index is 2.20. The molecule has 0 aliphatic carbocycles. The van der Waals surface area contributed by atoms with Crippen LogP contribution in [0.25, 0.3) is 6.08 Å². The predicted octanol–water partition coefficient (Wildman–Crippen LogP) is 6.60. The zero-order valence-corrected chi connectivity index (χ0v) is 23.0. The average Bonchev–Trinajstić information content (AvgIpc) is 2.75. The molecule has 1 unspecified atom stereocenters. The van der Waals surface area contributed by atoms with Crippen LogP contribution in [0.3, 0.4) is 0 Å². The molecule has 0 aliphatic rings. The molecule has 3 rings (SSSR count). The van der Waals surface area contributed by atoms with Crippen molar-refractivity contribution >= 4 is 24.2 Å². The third kappa shape index (κ3) is 6.06. The van der Waals surface area contributed by atoms with Gasteiger partial charge in [0, 0.05) is 0 Å². The van der Waals surface area contributed by atoms with E-state index in [0.29, 0.717) is 4.90 Å². The molecule has 0 spiro atoms. The van der Waals surface area contributed by atoms with Crippen molar-refractivity contribution in [2.75, 3.05) is 7.11 Å². The number of nitrogens with one attached hydrogen (secondary N) is 1. The minimum atomic E-state index is -3.80. The Morgan fingerprint density at radius 2 is 1.47 bits per heavy atom. The number of methoxy groups -OCH3 is 1. The maximum Gasteiger partial charge on any atom is 0.241 e. The quantitative estimate of drug-likeness (QED) is 0.360. The highest BCUT2D eigenvalue weighted by Gasteiger charge is 2.33. The fourth-order valence-corrected chi connectivity index (χ4v) is 7.84. The van der Waals surface area contributed by atoms with Crippen LogP contribution in [0.4, 0.5) is 0 Å². The number of benzene rings is 3. The van der Waals surface area contributed by atoms with Crippen LogP contribution in [0.15, 0.2) is 76.8 Å². The van der Waals surface area contributed by atoms with Gasteiger partial charge in [-0.25, -0.2) is 8.42 Å². The lowest BCUT2D eigenvalue weighted by Gasteiger charge is -2.31. The van der Waals surface area contributed by atoms with E-state index in [2.05, 4.69) is 30.4 Å². The molecule has 0 aromatic heterocycles. The first-order chi connectivity index (χ1) is 15.9. The van der Waals surface area contributed by atoms with Gasteiger partial charge in [0.05, 0.1) is 26.1 Å². The smallest absolute Gasteiger partial charge is 0.241 e. The molecule has 4 nitrogen and oxygen atoms in total. The molecule has 0 amide bonds. The molecule has 1 atom stereocenters. The highest BCUT2D eigenvalue weighted by atomic mass is 32.2. The molecular weight excluding hydrogens is 458 g/mol. The molecule has 1 N–H and O–H groups in total. The van der Waals surface area contributed by atoms with E-state index in [1.54, 1.807) is 7.11 Å². The molecule has 0 fully saturated rings. The lowest BCUT2D eigenvalue weighted by Crippen LogP contribution is -2.38. The second-order valence-electron chi connectivity index (χ2n) is 9.82. The first-order valence-electron chi connectivity index (χ1n) is 11.4.